The summed E-state index contributed by atoms with van der Waals surface area (Å²) < 4.78 is 0. The lowest BCUT2D eigenvalue weighted by atomic mass is 9.81. The van der Waals surface area contributed by atoms with Crippen LogP contribution in [-0.2, 0) is 0 Å². The summed E-state index contributed by atoms with van der Waals surface area (Å²) in [4.78, 5) is 0. The Kier molecular flexibility index (Phi) is 6.06. The van der Waals surface area contributed by atoms with Crippen LogP contribution < -0.4 is 5.32 Å². The highest BCUT2D eigenvalue weighted by molar-refractivity contribution is 4.75. The van der Waals surface area contributed by atoms with E-state index in [9.17, 15) is 0 Å². The zero-order valence-corrected chi connectivity index (χ0v) is 9.69. The number of unbranched alkanes of at least 4 members (excludes halogenated alkanes) is 1. The molecule has 0 rings (SSSR count). The van der Waals surface area contributed by atoms with Gasteiger partial charge in [-0.25, -0.2) is 0 Å². The van der Waals surface area contributed by atoms with E-state index in [1.165, 1.54) is 6.42 Å². The van der Waals surface area contributed by atoms with Gasteiger partial charge in [0.1, 0.15) is 0 Å². The summed E-state index contributed by atoms with van der Waals surface area (Å²) in [6.45, 7) is 15.1. The third kappa shape index (κ3) is 5.87. The van der Waals surface area contributed by atoms with Crippen LogP contribution >= 0.6 is 0 Å². The molecule has 0 fully saturated rings. The van der Waals surface area contributed by atoms with Crippen LogP contribution in [0, 0.1) is 11.3 Å². The van der Waals surface area contributed by atoms with Crippen molar-refractivity contribution in [1.29, 1.82) is 0 Å². The van der Waals surface area contributed by atoms with Crippen molar-refractivity contribution in [3.63, 3.8) is 0 Å². The summed E-state index contributed by atoms with van der Waals surface area (Å²) in [7, 11) is 0. The Labute approximate surface area is 83.6 Å². The van der Waals surface area contributed by atoms with Gasteiger partial charge < -0.3 is 5.32 Å². The minimum Gasteiger partial charge on any atom is -0.316 e. The number of allylic oxidation sites excluding steroid dienone is 1. The normalized spacial score (nSPS) is 12.1. The lowest BCUT2D eigenvalue weighted by Gasteiger charge is -2.29. The average Bonchev–Trinajstić information content (AvgIpc) is 2.03. The van der Waals surface area contributed by atoms with Gasteiger partial charge in [0, 0.05) is 6.54 Å². The number of rotatable bonds is 7. The zero-order chi connectivity index (χ0) is 10.3. The van der Waals surface area contributed by atoms with Crippen molar-refractivity contribution in [2.75, 3.05) is 13.1 Å². The van der Waals surface area contributed by atoms with Gasteiger partial charge in [-0.2, -0.15) is 0 Å². The maximum Gasteiger partial charge on any atom is 0.000497 e. The topological polar surface area (TPSA) is 12.0 Å². The molecule has 1 N–H and O–H groups in total. The van der Waals surface area contributed by atoms with Gasteiger partial charge in [-0.3, -0.25) is 0 Å². The van der Waals surface area contributed by atoms with Crippen molar-refractivity contribution in [2.24, 2.45) is 11.3 Å². The van der Waals surface area contributed by atoms with Crippen molar-refractivity contribution in [1.82, 2.24) is 5.32 Å². The first-order valence-corrected chi connectivity index (χ1v) is 5.32. The van der Waals surface area contributed by atoms with E-state index in [1.54, 1.807) is 0 Å². The molecule has 0 heterocycles. The fraction of sp³-hybridized carbons (Fsp3) is 0.833. The Morgan fingerprint density at radius 3 is 2.46 bits per heavy atom. The summed E-state index contributed by atoms with van der Waals surface area (Å²) in [5, 5.41) is 3.49. The van der Waals surface area contributed by atoms with E-state index in [1.807, 2.05) is 6.08 Å². The van der Waals surface area contributed by atoms with Crippen molar-refractivity contribution in [3.8, 4) is 0 Å². The van der Waals surface area contributed by atoms with Crippen LogP contribution in [0.5, 0.6) is 0 Å². The number of hydrogen-bond donors (Lipinski definition) is 1. The molecule has 0 saturated carbocycles. The minimum absolute atomic E-state index is 0.411. The van der Waals surface area contributed by atoms with Gasteiger partial charge in [0.2, 0.25) is 0 Å². The quantitative estimate of drug-likeness (QED) is 0.472. The smallest absolute Gasteiger partial charge is 0.000497 e. The lowest BCUT2D eigenvalue weighted by molar-refractivity contribution is 0.238. The predicted molar refractivity (Wildman–Crippen MR) is 60.9 cm³/mol. The molecule has 0 aromatic carbocycles. The molecule has 0 radical (unpaired) electrons. The molecule has 0 spiro atoms. The first-order chi connectivity index (χ1) is 6.00. The van der Waals surface area contributed by atoms with Crippen LogP contribution in [0.4, 0.5) is 0 Å². The van der Waals surface area contributed by atoms with Crippen LogP contribution in [0.3, 0.4) is 0 Å². The molecule has 0 aliphatic heterocycles. The molecule has 0 aliphatic rings. The fourth-order valence-corrected chi connectivity index (χ4v) is 0.986. The Hall–Kier alpha value is -0.300. The molecule has 1 nitrogen and oxygen atoms in total. The van der Waals surface area contributed by atoms with Gasteiger partial charge in [-0.05, 0) is 30.7 Å². The molecule has 1 heteroatoms. The summed E-state index contributed by atoms with van der Waals surface area (Å²) in [5.41, 5.74) is 0.411. The molecule has 0 bridgehead atoms. The Morgan fingerprint density at radius 1 is 1.38 bits per heavy atom. The summed E-state index contributed by atoms with van der Waals surface area (Å²) in [6.07, 6.45) is 4.31. The molecular weight excluding hydrogens is 158 g/mol. The first-order valence-electron chi connectivity index (χ1n) is 5.32. The van der Waals surface area contributed by atoms with Gasteiger partial charge in [-0.1, -0.05) is 33.8 Å². The molecular formula is C12H25N. The predicted octanol–water partition coefficient (Wildman–Crippen LogP) is 3.22. The maximum atomic E-state index is 3.71. The average molecular weight is 183 g/mol. The van der Waals surface area contributed by atoms with Crippen LogP contribution in [0.1, 0.15) is 40.5 Å². The van der Waals surface area contributed by atoms with Gasteiger partial charge in [0.15, 0.2) is 0 Å². The molecule has 0 aliphatic carbocycles. The molecule has 0 aromatic heterocycles. The van der Waals surface area contributed by atoms with Crippen molar-refractivity contribution >= 4 is 0 Å². The van der Waals surface area contributed by atoms with E-state index in [2.05, 4.69) is 39.6 Å². The summed E-state index contributed by atoms with van der Waals surface area (Å²) >= 11 is 0. The van der Waals surface area contributed by atoms with Gasteiger partial charge in [0.25, 0.3) is 0 Å². The molecule has 0 unspecified atom stereocenters. The third-order valence-corrected chi connectivity index (χ3v) is 2.91. The van der Waals surface area contributed by atoms with Crippen LogP contribution in [0.15, 0.2) is 12.7 Å². The highest BCUT2D eigenvalue weighted by atomic mass is 14.9. The Bertz CT molecular complexity index is 136. The van der Waals surface area contributed by atoms with Crippen LogP contribution in [0.2, 0.25) is 0 Å². The van der Waals surface area contributed by atoms with Crippen molar-refractivity contribution in [2.45, 2.75) is 40.5 Å². The Balaban J connectivity index is 3.46. The lowest BCUT2D eigenvalue weighted by Crippen LogP contribution is -2.33. The molecule has 0 aromatic rings. The summed E-state index contributed by atoms with van der Waals surface area (Å²) in [6, 6.07) is 0. The SMILES string of the molecule is C=CCCCNCC(C)(C)C(C)C. The van der Waals surface area contributed by atoms with E-state index in [0.29, 0.717) is 5.41 Å². The zero-order valence-electron chi connectivity index (χ0n) is 9.69. The molecule has 0 atom stereocenters. The maximum absolute atomic E-state index is 3.71. The molecule has 13 heavy (non-hydrogen) atoms. The minimum atomic E-state index is 0.411. The third-order valence-electron chi connectivity index (χ3n) is 2.91. The monoisotopic (exact) mass is 183 g/mol. The number of nitrogens with one attached hydrogen (secondary N) is 1. The summed E-state index contributed by atoms with van der Waals surface area (Å²) in [5.74, 6) is 0.736. The highest BCUT2D eigenvalue weighted by Crippen LogP contribution is 2.24. The highest BCUT2D eigenvalue weighted by Gasteiger charge is 2.20. The fourth-order valence-electron chi connectivity index (χ4n) is 0.986. The molecule has 78 valence electrons. The van der Waals surface area contributed by atoms with Crippen LogP contribution in [0.25, 0.3) is 0 Å². The van der Waals surface area contributed by atoms with Gasteiger partial charge >= 0.3 is 0 Å². The Morgan fingerprint density at radius 2 is 2.00 bits per heavy atom. The second-order valence-electron chi connectivity index (χ2n) is 4.75. The van der Waals surface area contributed by atoms with E-state index in [0.717, 1.165) is 25.4 Å². The van der Waals surface area contributed by atoms with Crippen molar-refractivity contribution < 1.29 is 0 Å². The van der Waals surface area contributed by atoms with Crippen molar-refractivity contribution in [3.05, 3.63) is 12.7 Å². The van der Waals surface area contributed by atoms with E-state index < -0.39 is 0 Å². The van der Waals surface area contributed by atoms with Gasteiger partial charge in [-0.15, -0.1) is 6.58 Å². The standard InChI is InChI=1S/C12H25N/c1-6-7-8-9-13-10-12(4,5)11(2)3/h6,11,13H,1,7-10H2,2-5H3. The molecule has 0 amide bonds. The first kappa shape index (κ1) is 12.7. The second kappa shape index (κ2) is 6.20. The van der Waals surface area contributed by atoms with E-state index in [4.69, 9.17) is 0 Å². The van der Waals surface area contributed by atoms with Crippen LogP contribution in [-0.4, -0.2) is 13.1 Å². The number of hydrogen-bond acceptors (Lipinski definition) is 1. The largest absolute Gasteiger partial charge is 0.316 e. The molecule has 0 saturated heterocycles. The van der Waals surface area contributed by atoms with Gasteiger partial charge in [0.05, 0.1) is 0 Å². The van der Waals surface area contributed by atoms with E-state index in [-0.39, 0.29) is 0 Å². The van der Waals surface area contributed by atoms with E-state index >= 15 is 0 Å². The second-order valence-corrected chi connectivity index (χ2v) is 4.75.